The Kier molecular flexibility index (Phi) is 5.51. The molecule has 146 valence electrons. The highest BCUT2D eigenvalue weighted by atomic mass is 35.5. The topological polar surface area (TPSA) is 61.4 Å². The number of benzene rings is 2. The molecule has 5 nitrogen and oxygen atoms in total. The third kappa shape index (κ3) is 3.98. The van der Waals surface area contributed by atoms with Crippen molar-refractivity contribution in [2.24, 2.45) is 0 Å². The summed E-state index contributed by atoms with van der Waals surface area (Å²) < 4.78 is 0. The molecule has 2 aliphatic rings. The maximum absolute atomic E-state index is 12.4. The van der Waals surface area contributed by atoms with Gasteiger partial charge in [-0.05, 0) is 43.2 Å². The van der Waals surface area contributed by atoms with Crippen LogP contribution in [0, 0.1) is 0 Å². The van der Waals surface area contributed by atoms with Gasteiger partial charge in [0.25, 0.3) is 0 Å². The number of carbonyl (C=O) groups is 2. The molecule has 28 heavy (non-hydrogen) atoms. The summed E-state index contributed by atoms with van der Waals surface area (Å²) in [5.41, 5.74) is 3.32. The second-order valence-corrected chi connectivity index (χ2v) is 8.85. The first-order valence-electron chi connectivity index (χ1n) is 9.39. The number of halogens is 1. The van der Waals surface area contributed by atoms with E-state index < -0.39 is 5.25 Å². The predicted molar refractivity (Wildman–Crippen MR) is 114 cm³/mol. The number of nitrogens with zero attached hydrogens (tertiary/aromatic N) is 1. The van der Waals surface area contributed by atoms with Gasteiger partial charge in [0.15, 0.2) is 0 Å². The zero-order chi connectivity index (χ0) is 19.7. The van der Waals surface area contributed by atoms with Crippen molar-refractivity contribution in [1.82, 2.24) is 5.32 Å². The standard InChI is InChI=1S/C21H22ClN3O2S/c1-13-10-14-4-2-3-5-17(14)25(13)9-8-23-20(26)12-19-21(27)24-16-11-15(22)6-7-18(16)28-19/h2-7,11,13,19H,8-10,12H2,1H3,(H,23,26)(H,24,27). The van der Waals surface area contributed by atoms with Gasteiger partial charge in [0.05, 0.1) is 10.9 Å². The van der Waals surface area contributed by atoms with Crippen molar-refractivity contribution in [2.45, 2.75) is 36.0 Å². The predicted octanol–water partition coefficient (Wildman–Crippen LogP) is 3.71. The maximum Gasteiger partial charge on any atom is 0.238 e. The van der Waals surface area contributed by atoms with Gasteiger partial charge in [-0.1, -0.05) is 29.8 Å². The third-order valence-electron chi connectivity index (χ3n) is 5.16. The number of para-hydroxylation sites is 1. The number of amides is 2. The van der Waals surface area contributed by atoms with E-state index >= 15 is 0 Å². The molecule has 0 aliphatic carbocycles. The molecule has 0 fully saturated rings. The van der Waals surface area contributed by atoms with E-state index in [1.807, 2.05) is 12.1 Å². The summed E-state index contributed by atoms with van der Waals surface area (Å²) >= 11 is 7.38. The number of nitrogens with one attached hydrogen (secondary N) is 2. The summed E-state index contributed by atoms with van der Waals surface area (Å²) in [5, 5.41) is 5.96. The van der Waals surface area contributed by atoms with Gasteiger partial charge in [-0.2, -0.15) is 0 Å². The van der Waals surface area contributed by atoms with Crippen LogP contribution < -0.4 is 15.5 Å². The van der Waals surface area contributed by atoms with Crippen LogP contribution in [0.5, 0.6) is 0 Å². The average molecular weight is 416 g/mol. The molecular formula is C21H22ClN3O2S. The minimum Gasteiger partial charge on any atom is -0.367 e. The molecular weight excluding hydrogens is 394 g/mol. The Morgan fingerprint density at radius 3 is 3.00 bits per heavy atom. The maximum atomic E-state index is 12.4. The number of hydrogen-bond acceptors (Lipinski definition) is 4. The summed E-state index contributed by atoms with van der Waals surface area (Å²) in [6, 6.07) is 14.2. The van der Waals surface area contributed by atoms with E-state index in [4.69, 9.17) is 11.6 Å². The van der Waals surface area contributed by atoms with Crippen molar-refractivity contribution < 1.29 is 9.59 Å². The van der Waals surface area contributed by atoms with Crippen molar-refractivity contribution in [3.8, 4) is 0 Å². The largest absolute Gasteiger partial charge is 0.367 e. The smallest absolute Gasteiger partial charge is 0.238 e. The molecule has 0 saturated heterocycles. The van der Waals surface area contributed by atoms with Crippen LogP contribution in [-0.4, -0.2) is 36.2 Å². The molecule has 7 heteroatoms. The molecule has 2 aromatic rings. The first-order valence-corrected chi connectivity index (χ1v) is 10.7. The SMILES string of the molecule is CC1Cc2ccccc2N1CCNC(=O)CC1Sc2ccc(Cl)cc2NC1=O. The normalized spacial score (nSPS) is 20.4. The molecule has 4 rings (SSSR count). The fourth-order valence-corrected chi connectivity index (χ4v) is 5.05. The Balaban J connectivity index is 1.29. The van der Waals surface area contributed by atoms with Gasteiger partial charge in [0.1, 0.15) is 0 Å². The molecule has 0 aromatic heterocycles. The van der Waals surface area contributed by atoms with Crippen LogP contribution in [0.1, 0.15) is 18.9 Å². The lowest BCUT2D eigenvalue weighted by molar-refractivity contribution is -0.124. The first-order chi connectivity index (χ1) is 13.5. The Bertz CT molecular complexity index is 920. The zero-order valence-electron chi connectivity index (χ0n) is 15.6. The van der Waals surface area contributed by atoms with E-state index in [-0.39, 0.29) is 18.2 Å². The highest BCUT2D eigenvalue weighted by molar-refractivity contribution is 8.01. The summed E-state index contributed by atoms with van der Waals surface area (Å²) in [7, 11) is 0. The monoisotopic (exact) mass is 415 g/mol. The van der Waals surface area contributed by atoms with E-state index in [2.05, 4.69) is 40.7 Å². The van der Waals surface area contributed by atoms with Crippen LogP contribution in [0.15, 0.2) is 47.4 Å². The highest BCUT2D eigenvalue weighted by Gasteiger charge is 2.29. The lowest BCUT2D eigenvalue weighted by atomic mass is 10.1. The van der Waals surface area contributed by atoms with Crippen LogP contribution in [0.3, 0.4) is 0 Å². The Labute approximate surface area is 173 Å². The highest BCUT2D eigenvalue weighted by Crippen LogP contribution is 2.38. The summed E-state index contributed by atoms with van der Waals surface area (Å²) in [6.45, 7) is 3.52. The quantitative estimate of drug-likeness (QED) is 0.781. The summed E-state index contributed by atoms with van der Waals surface area (Å²) in [4.78, 5) is 27.9. The Hall–Kier alpha value is -2.18. The average Bonchev–Trinajstić information content (AvgIpc) is 2.98. The second-order valence-electron chi connectivity index (χ2n) is 7.17. The van der Waals surface area contributed by atoms with Gasteiger partial charge in [-0.15, -0.1) is 11.8 Å². The van der Waals surface area contributed by atoms with Crippen LogP contribution in [0.4, 0.5) is 11.4 Å². The molecule has 2 unspecified atom stereocenters. The van der Waals surface area contributed by atoms with Crippen LogP contribution in [-0.2, 0) is 16.0 Å². The van der Waals surface area contributed by atoms with Crippen LogP contribution in [0.2, 0.25) is 5.02 Å². The molecule has 0 spiro atoms. The lowest BCUT2D eigenvalue weighted by Gasteiger charge is -2.26. The van der Waals surface area contributed by atoms with Crippen LogP contribution in [0.25, 0.3) is 0 Å². The minimum atomic E-state index is -0.430. The number of rotatable bonds is 5. The number of carbonyl (C=O) groups excluding carboxylic acids is 2. The summed E-state index contributed by atoms with van der Waals surface area (Å²) in [5.74, 6) is -0.262. The van der Waals surface area contributed by atoms with E-state index in [9.17, 15) is 9.59 Å². The molecule has 0 radical (unpaired) electrons. The van der Waals surface area contributed by atoms with Crippen LogP contribution >= 0.6 is 23.4 Å². The van der Waals surface area contributed by atoms with E-state index in [0.29, 0.717) is 23.3 Å². The second kappa shape index (κ2) is 8.05. The van der Waals surface area contributed by atoms with Gasteiger partial charge in [0.2, 0.25) is 11.8 Å². The van der Waals surface area contributed by atoms with E-state index in [1.54, 1.807) is 12.1 Å². The van der Waals surface area contributed by atoms with Gasteiger partial charge in [0, 0.05) is 41.2 Å². The number of fused-ring (bicyclic) bond motifs is 2. The molecule has 0 bridgehead atoms. The van der Waals surface area contributed by atoms with Crippen molar-refractivity contribution >= 4 is 46.6 Å². The molecule has 2 amide bonds. The van der Waals surface area contributed by atoms with Gasteiger partial charge >= 0.3 is 0 Å². The zero-order valence-corrected chi connectivity index (χ0v) is 17.1. The van der Waals surface area contributed by atoms with E-state index in [1.165, 1.54) is 23.0 Å². The first kappa shape index (κ1) is 19.2. The fraction of sp³-hybridized carbons (Fsp3) is 0.333. The fourth-order valence-electron chi connectivity index (χ4n) is 3.78. The third-order valence-corrected chi connectivity index (χ3v) is 6.67. The Morgan fingerprint density at radius 1 is 1.32 bits per heavy atom. The number of thioether (sulfide) groups is 1. The van der Waals surface area contributed by atoms with Crippen molar-refractivity contribution in [2.75, 3.05) is 23.3 Å². The van der Waals surface area contributed by atoms with Gasteiger partial charge in [-0.3, -0.25) is 9.59 Å². The molecule has 2 aromatic carbocycles. The molecule has 2 N–H and O–H groups in total. The van der Waals surface area contributed by atoms with E-state index in [0.717, 1.165) is 17.9 Å². The minimum absolute atomic E-state index is 0.106. The van der Waals surface area contributed by atoms with Gasteiger partial charge in [-0.25, -0.2) is 0 Å². The lowest BCUT2D eigenvalue weighted by Crippen LogP contribution is -2.40. The number of hydrogen-bond donors (Lipinski definition) is 2. The molecule has 2 atom stereocenters. The van der Waals surface area contributed by atoms with Crippen molar-refractivity contribution in [3.63, 3.8) is 0 Å². The Morgan fingerprint density at radius 2 is 2.14 bits per heavy atom. The number of anilines is 2. The molecule has 2 aliphatic heterocycles. The van der Waals surface area contributed by atoms with Gasteiger partial charge < -0.3 is 15.5 Å². The molecule has 0 saturated carbocycles. The van der Waals surface area contributed by atoms with Crippen molar-refractivity contribution in [3.05, 3.63) is 53.1 Å². The summed E-state index contributed by atoms with van der Waals surface area (Å²) in [6.07, 6.45) is 1.19. The molecule has 2 heterocycles. The van der Waals surface area contributed by atoms with Crippen molar-refractivity contribution in [1.29, 1.82) is 0 Å².